The summed E-state index contributed by atoms with van der Waals surface area (Å²) in [6, 6.07) is 13.3. The van der Waals surface area contributed by atoms with Crippen LogP contribution in [-0.2, 0) is 11.4 Å². The van der Waals surface area contributed by atoms with E-state index in [9.17, 15) is 4.55 Å². The summed E-state index contributed by atoms with van der Waals surface area (Å²) in [7, 11) is 0. The first-order chi connectivity index (χ1) is 9.18. The van der Waals surface area contributed by atoms with Crippen molar-refractivity contribution in [3.63, 3.8) is 0 Å². The quantitative estimate of drug-likeness (QED) is 0.671. The molecule has 1 aromatic carbocycles. The summed E-state index contributed by atoms with van der Waals surface area (Å²) in [6.07, 6.45) is 1.71. The van der Waals surface area contributed by atoms with Crippen LogP contribution in [0.4, 0.5) is 0 Å². The molecule has 0 bridgehead atoms. The number of hydrogen-bond donors (Lipinski definition) is 0. The van der Waals surface area contributed by atoms with Gasteiger partial charge in [0.15, 0.2) is 10.5 Å². The topological polar surface area (TPSA) is 40.9 Å². The summed E-state index contributed by atoms with van der Waals surface area (Å²) in [5, 5.41) is 0.976. The zero-order chi connectivity index (χ0) is 13.4. The van der Waals surface area contributed by atoms with E-state index < -0.39 is 11.4 Å². The standard InChI is InChI=1S/C14H11BrN2OS/c1-10-9-12-13(15)7-8-16-14(12)17(10)19(18)11-5-3-2-4-6-11/h2-9H,1H3. The fourth-order valence-corrected chi connectivity index (χ4v) is 3.65. The van der Waals surface area contributed by atoms with Crippen LogP contribution in [0.25, 0.3) is 11.0 Å². The monoisotopic (exact) mass is 334 g/mol. The van der Waals surface area contributed by atoms with Crippen LogP contribution in [0.5, 0.6) is 0 Å². The smallest absolute Gasteiger partial charge is 0.188 e. The average Bonchev–Trinajstić information content (AvgIpc) is 2.77. The molecule has 19 heavy (non-hydrogen) atoms. The highest BCUT2D eigenvalue weighted by Gasteiger charge is 2.21. The van der Waals surface area contributed by atoms with Crippen molar-refractivity contribution in [2.24, 2.45) is 0 Å². The van der Waals surface area contributed by atoms with Crippen LogP contribution in [-0.4, -0.2) is 13.5 Å². The first kappa shape index (κ1) is 12.7. The van der Waals surface area contributed by atoms with Crippen molar-refractivity contribution in [3.8, 4) is 0 Å². The molecule has 0 radical (unpaired) electrons. The number of aryl methyl sites for hydroxylation is 1. The first-order valence-electron chi connectivity index (χ1n) is 5.78. The molecule has 0 saturated heterocycles. The molecule has 5 heteroatoms. The Morgan fingerprint density at radius 1 is 1.21 bits per heavy atom. The number of rotatable bonds is 2. The molecule has 1 atom stereocenters. The van der Waals surface area contributed by atoms with Crippen LogP contribution in [0.2, 0.25) is 0 Å². The third-order valence-electron chi connectivity index (χ3n) is 2.89. The largest absolute Gasteiger partial charge is 0.587 e. The Hall–Kier alpha value is -1.30. The lowest BCUT2D eigenvalue weighted by Crippen LogP contribution is -2.14. The third kappa shape index (κ3) is 2.18. The fourth-order valence-electron chi connectivity index (χ4n) is 2.02. The molecule has 1 unspecified atom stereocenters. The molecule has 0 amide bonds. The maximum absolute atomic E-state index is 12.7. The molecule has 0 saturated carbocycles. The Kier molecular flexibility index (Phi) is 3.35. The number of fused-ring (bicyclic) bond motifs is 1. The Balaban J connectivity index is 2.20. The summed E-state index contributed by atoms with van der Waals surface area (Å²) in [6.45, 7) is 1.94. The summed E-state index contributed by atoms with van der Waals surface area (Å²) in [5.74, 6) is 0. The van der Waals surface area contributed by atoms with Gasteiger partial charge in [-0.05, 0) is 47.1 Å². The molecule has 3 aromatic rings. The first-order valence-corrected chi connectivity index (χ1v) is 7.68. The SMILES string of the molecule is Cc1cc2c(Br)ccnc2n1[S+]([O-])c1ccccc1. The molecule has 0 aliphatic rings. The molecule has 2 heterocycles. The molecule has 0 aliphatic heterocycles. The lowest BCUT2D eigenvalue weighted by atomic mass is 10.3. The minimum atomic E-state index is -1.28. The zero-order valence-corrected chi connectivity index (χ0v) is 12.6. The van der Waals surface area contributed by atoms with Gasteiger partial charge in [-0.3, -0.25) is 0 Å². The van der Waals surface area contributed by atoms with Gasteiger partial charge in [0.1, 0.15) is 11.4 Å². The van der Waals surface area contributed by atoms with Crippen LogP contribution in [0.1, 0.15) is 5.69 Å². The van der Waals surface area contributed by atoms with E-state index in [1.54, 1.807) is 10.2 Å². The number of nitrogens with zero attached hydrogens (tertiary/aromatic N) is 2. The van der Waals surface area contributed by atoms with Crippen molar-refractivity contribution in [3.05, 3.63) is 58.8 Å². The lowest BCUT2D eigenvalue weighted by Gasteiger charge is -2.12. The highest BCUT2D eigenvalue weighted by Crippen LogP contribution is 2.28. The van der Waals surface area contributed by atoms with Crippen LogP contribution in [0.15, 0.2) is 58.0 Å². The van der Waals surface area contributed by atoms with Gasteiger partial charge in [0.2, 0.25) is 0 Å². The molecular formula is C14H11BrN2OS. The van der Waals surface area contributed by atoms with Crippen LogP contribution in [0, 0.1) is 6.92 Å². The summed E-state index contributed by atoms with van der Waals surface area (Å²) >= 11 is 2.22. The van der Waals surface area contributed by atoms with Crippen molar-refractivity contribution >= 4 is 38.3 Å². The fraction of sp³-hybridized carbons (Fsp3) is 0.0714. The molecule has 0 N–H and O–H groups in total. The maximum Gasteiger partial charge on any atom is 0.188 e. The Bertz CT molecular complexity index is 727. The predicted octanol–water partition coefficient (Wildman–Crippen LogP) is 3.68. The number of pyridine rings is 1. The van der Waals surface area contributed by atoms with Gasteiger partial charge in [-0.15, -0.1) is 3.97 Å². The van der Waals surface area contributed by atoms with Crippen molar-refractivity contribution in [2.45, 2.75) is 11.8 Å². The number of hydrogen-bond acceptors (Lipinski definition) is 2. The van der Waals surface area contributed by atoms with Crippen molar-refractivity contribution in [2.75, 3.05) is 0 Å². The molecular weight excluding hydrogens is 324 g/mol. The van der Waals surface area contributed by atoms with E-state index in [4.69, 9.17) is 0 Å². The van der Waals surface area contributed by atoms with Crippen molar-refractivity contribution in [1.82, 2.24) is 8.96 Å². The predicted molar refractivity (Wildman–Crippen MR) is 80.4 cm³/mol. The van der Waals surface area contributed by atoms with Crippen molar-refractivity contribution in [1.29, 1.82) is 0 Å². The third-order valence-corrected chi connectivity index (χ3v) is 5.05. The molecule has 0 spiro atoms. The maximum atomic E-state index is 12.7. The lowest BCUT2D eigenvalue weighted by molar-refractivity contribution is 0.586. The van der Waals surface area contributed by atoms with Gasteiger partial charge in [0, 0.05) is 16.1 Å². The van der Waals surface area contributed by atoms with Gasteiger partial charge in [-0.25, -0.2) is 4.98 Å². The van der Waals surface area contributed by atoms with Crippen LogP contribution in [0.3, 0.4) is 0 Å². The zero-order valence-electron chi connectivity index (χ0n) is 10.2. The van der Waals surface area contributed by atoms with Gasteiger partial charge in [0.05, 0.1) is 5.69 Å². The van der Waals surface area contributed by atoms with E-state index in [1.807, 2.05) is 49.4 Å². The van der Waals surface area contributed by atoms with Gasteiger partial charge >= 0.3 is 0 Å². The Morgan fingerprint density at radius 3 is 2.68 bits per heavy atom. The number of benzene rings is 1. The van der Waals surface area contributed by atoms with Crippen LogP contribution < -0.4 is 0 Å². The second-order valence-corrected chi connectivity index (χ2v) is 6.36. The molecule has 2 aromatic heterocycles. The minimum absolute atomic E-state index is 0.731. The Labute approximate surface area is 122 Å². The highest BCUT2D eigenvalue weighted by molar-refractivity contribution is 9.10. The summed E-state index contributed by atoms with van der Waals surface area (Å²) in [4.78, 5) is 5.12. The van der Waals surface area contributed by atoms with Gasteiger partial charge in [-0.2, -0.15) is 0 Å². The minimum Gasteiger partial charge on any atom is -0.587 e. The van der Waals surface area contributed by atoms with E-state index in [0.717, 1.165) is 26.1 Å². The van der Waals surface area contributed by atoms with E-state index in [2.05, 4.69) is 20.9 Å². The van der Waals surface area contributed by atoms with Gasteiger partial charge in [0.25, 0.3) is 0 Å². The molecule has 3 nitrogen and oxygen atoms in total. The van der Waals surface area contributed by atoms with E-state index in [1.165, 1.54) is 0 Å². The van der Waals surface area contributed by atoms with Crippen LogP contribution >= 0.6 is 15.9 Å². The number of halogens is 1. The molecule has 0 fully saturated rings. The average molecular weight is 335 g/mol. The summed E-state index contributed by atoms with van der Waals surface area (Å²) < 4.78 is 15.4. The van der Waals surface area contributed by atoms with E-state index >= 15 is 0 Å². The van der Waals surface area contributed by atoms with Gasteiger partial charge < -0.3 is 4.55 Å². The second kappa shape index (κ2) is 5.00. The van der Waals surface area contributed by atoms with Crippen molar-refractivity contribution < 1.29 is 4.55 Å². The molecule has 96 valence electrons. The van der Waals surface area contributed by atoms with Gasteiger partial charge in [-0.1, -0.05) is 18.2 Å². The molecule has 3 rings (SSSR count). The number of aromatic nitrogens is 2. The molecule has 0 aliphatic carbocycles. The van der Waals surface area contributed by atoms with E-state index in [0.29, 0.717) is 0 Å². The summed E-state index contributed by atoms with van der Waals surface area (Å²) in [5.41, 5.74) is 1.66. The van der Waals surface area contributed by atoms with E-state index in [-0.39, 0.29) is 0 Å². The second-order valence-electron chi connectivity index (χ2n) is 4.17. The normalized spacial score (nSPS) is 12.8. The highest BCUT2D eigenvalue weighted by atomic mass is 79.9. The Morgan fingerprint density at radius 2 is 1.95 bits per heavy atom.